The van der Waals surface area contributed by atoms with Crippen LogP contribution in [0, 0.1) is 0 Å². The van der Waals surface area contributed by atoms with Gasteiger partial charge in [-0.2, -0.15) is 0 Å². The molecule has 0 amide bonds. The fourth-order valence-corrected chi connectivity index (χ4v) is 3.37. The molecule has 0 fully saturated rings. The summed E-state index contributed by atoms with van der Waals surface area (Å²) in [6.07, 6.45) is 2.06. The van der Waals surface area contributed by atoms with Crippen molar-refractivity contribution < 1.29 is 9.53 Å². The Kier molecular flexibility index (Phi) is 2.67. The lowest BCUT2D eigenvalue weighted by Gasteiger charge is -2.00. The van der Waals surface area contributed by atoms with Crippen LogP contribution in [0.25, 0.3) is 0 Å². The molecule has 1 unspecified atom stereocenters. The second-order valence-electron chi connectivity index (χ2n) is 2.92. The molecule has 0 bridgehead atoms. The molecule has 62 valence electrons. The summed E-state index contributed by atoms with van der Waals surface area (Å²) in [4.78, 5) is 11.1. The SMILES string of the molecule is COC(=O)C1=C(C)CP(C)C1. The maximum absolute atomic E-state index is 11.1. The molecule has 0 aromatic carbocycles. The summed E-state index contributed by atoms with van der Waals surface area (Å²) >= 11 is 0. The molecule has 0 spiro atoms. The van der Waals surface area contributed by atoms with E-state index in [0.29, 0.717) is 0 Å². The van der Waals surface area contributed by atoms with E-state index in [9.17, 15) is 4.79 Å². The molecule has 1 rings (SSSR count). The van der Waals surface area contributed by atoms with Crippen molar-refractivity contribution in [3.63, 3.8) is 0 Å². The highest BCUT2D eigenvalue weighted by Crippen LogP contribution is 2.42. The molecule has 11 heavy (non-hydrogen) atoms. The van der Waals surface area contributed by atoms with Gasteiger partial charge in [0.1, 0.15) is 0 Å². The Morgan fingerprint density at radius 2 is 2.18 bits per heavy atom. The number of ether oxygens (including phenoxy) is 1. The van der Waals surface area contributed by atoms with Gasteiger partial charge in [0.25, 0.3) is 0 Å². The minimum Gasteiger partial charge on any atom is -0.466 e. The van der Waals surface area contributed by atoms with Gasteiger partial charge in [-0.25, -0.2) is 4.79 Å². The third-order valence-corrected chi connectivity index (χ3v) is 3.75. The van der Waals surface area contributed by atoms with Crippen LogP contribution < -0.4 is 0 Å². The summed E-state index contributed by atoms with van der Waals surface area (Å²) in [5.41, 5.74) is 2.14. The molecule has 3 heteroatoms. The molecular formula is C8H13O2P. The maximum atomic E-state index is 11.1. The van der Waals surface area contributed by atoms with E-state index in [0.717, 1.165) is 17.9 Å². The normalized spacial score (nSPS) is 24.1. The van der Waals surface area contributed by atoms with E-state index in [2.05, 4.69) is 11.4 Å². The van der Waals surface area contributed by atoms with Gasteiger partial charge in [0.15, 0.2) is 0 Å². The molecule has 0 saturated carbocycles. The van der Waals surface area contributed by atoms with Gasteiger partial charge in [0.05, 0.1) is 7.11 Å². The van der Waals surface area contributed by atoms with Gasteiger partial charge < -0.3 is 4.74 Å². The average Bonchev–Trinajstić information content (AvgIpc) is 2.28. The second-order valence-corrected chi connectivity index (χ2v) is 5.27. The minimum atomic E-state index is -0.130. The summed E-state index contributed by atoms with van der Waals surface area (Å²) in [6.45, 7) is 4.24. The number of allylic oxidation sites excluding steroid dienone is 1. The number of carbonyl (C=O) groups is 1. The summed E-state index contributed by atoms with van der Waals surface area (Å²) in [5, 5.41) is 0. The van der Waals surface area contributed by atoms with Gasteiger partial charge in [0.2, 0.25) is 0 Å². The third kappa shape index (κ3) is 1.81. The van der Waals surface area contributed by atoms with Crippen molar-refractivity contribution in [2.24, 2.45) is 0 Å². The number of rotatable bonds is 1. The van der Waals surface area contributed by atoms with Crippen molar-refractivity contribution in [1.29, 1.82) is 0 Å². The van der Waals surface area contributed by atoms with Crippen LogP contribution in [0.2, 0.25) is 0 Å². The van der Waals surface area contributed by atoms with E-state index in [1.54, 1.807) is 0 Å². The molecule has 1 aliphatic heterocycles. The Labute approximate surface area is 68.4 Å². The van der Waals surface area contributed by atoms with E-state index in [1.807, 2.05) is 6.92 Å². The Morgan fingerprint density at radius 3 is 2.55 bits per heavy atom. The first-order valence-electron chi connectivity index (χ1n) is 3.60. The minimum absolute atomic E-state index is 0.0432. The fraction of sp³-hybridized carbons (Fsp3) is 0.625. The molecule has 1 atom stereocenters. The second kappa shape index (κ2) is 3.36. The van der Waals surface area contributed by atoms with Crippen molar-refractivity contribution >= 4 is 13.9 Å². The van der Waals surface area contributed by atoms with Crippen LogP contribution in [-0.4, -0.2) is 32.1 Å². The van der Waals surface area contributed by atoms with E-state index in [4.69, 9.17) is 0 Å². The monoisotopic (exact) mass is 172 g/mol. The lowest BCUT2D eigenvalue weighted by atomic mass is 10.2. The summed E-state index contributed by atoms with van der Waals surface area (Å²) < 4.78 is 4.67. The van der Waals surface area contributed by atoms with Crippen LogP contribution >= 0.6 is 7.92 Å². The zero-order valence-corrected chi connectivity index (χ0v) is 8.07. The fourth-order valence-electron chi connectivity index (χ4n) is 1.32. The van der Waals surface area contributed by atoms with E-state index in [-0.39, 0.29) is 13.9 Å². The third-order valence-electron chi connectivity index (χ3n) is 1.88. The molecule has 0 radical (unpaired) electrons. The average molecular weight is 172 g/mol. The highest BCUT2D eigenvalue weighted by Gasteiger charge is 2.22. The Hall–Kier alpha value is -0.360. The molecule has 0 aromatic rings. The Balaban J connectivity index is 2.72. The molecule has 0 N–H and O–H groups in total. The summed E-state index contributed by atoms with van der Waals surface area (Å²) in [5.74, 6) is -0.130. The van der Waals surface area contributed by atoms with Crippen molar-refractivity contribution in [3.05, 3.63) is 11.1 Å². The number of esters is 1. The van der Waals surface area contributed by atoms with Gasteiger partial charge in [0, 0.05) is 5.57 Å². The van der Waals surface area contributed by atoms with Crippen LogP contribution in [0.15, 0.2) is 11.1 Å². The predicted octanol–water partition coefficient (Wildman–Crippen LogP) is 1.60. The molecular weight excluding hydrogens is 159 g/mol. The van der Waals surface area contributed by atoms with Crippen molar-refractivity contribution in [2.75, 3.05) is 26.1 Å². The topological polar surface area (TPSA) is 26.3 Å². The van der Waals surface area contributed by atoms with Gasteiger partial charge in [-0.3, -0.25) is 0 Å². The van der Waals surface area contributed by atoms with Gasteiger partial charge in [-0.05, 0) is 25.9 Å². The van der Waals surface area contributed by atoms with Crippen molar-refractivity contribution in [1.82, 2.24) is 0 Å². The first-order chi connectivity index (χ1) is 5.15. The van der Waals surface area contributed by atoms with Crippen molar-refractivity contribution in [2.45, 2.75) is 6.92 Å². The van der Waals surface area contributed by atoms with Crippen LogP contribution in [0.1, 0.15) is 6.92 Å². The number of hydrogen-bond donors (Lipinski definition) is 0. The first-order valence-corrected chi connectivity index (χ1v) is 5.76. The van der Waals surface area contributed by atoms with Gasteiger partial charge in [-0.1, -0.05) is 5.57 Å². The molecule has 0 aliphatic carbocycles. The summed E-state index contributed by atoms with van der Waals surface area (Å²) in [6, 6.07) is 0. The lowest BCUT2D eigenvalue weighted by Crippen LogP contribution is -2.06. The highest BCUT2D eigenvalue weighted by molar-refractivity contribution is 7.57. The van der Waals surface area contributed by atoms with E-state index in [1.165, 1.54) is 12.7 Å². The first kappa shape index (κ1) is 8.73. The predicted molar refractivity (Wildman–Crippen MR) is 47.3 cm³/mol. The zero-order chi connectivity index (χ0) is 8.43. The zero-order valence-electron chi connectivity index (χ0n) is 7.18. The molecule has 0 aromatic heterocycles. The standard InChI is InChI=1S/C8H13O2P/c1-6-4-11(3)5-7(6)8(9)10-2/h4-5H2,1-3H3. The van der Waals surface area contributed by atoms with E-state index >= 15 is 0 Å². The maximum Gasteiger partial charge on any atom is 0.334 e. The van der Waals surface area contributed by atoms with E-state index < -0.39 is 0 Å². The van der Waals surface area contributed by atoms with Crippen LogP contribution in [-0.2, 0) is 9.53 Å². The smallest absolute Gasteiger partial charge is 0.334 e. The molecule has 0 saturated heterocycles. The van der Waals surface area contributed by atoms with Crippen LogP contribution in [0.4, 0.5) is 0 Å². The molecule has 1 heterocycles. The lowest BCUT2D eigenvalue weighted by molar-refractivity contribution is -0.136. The van der Waals surface area contributed by atoms with Gasteiger partial charge in [-0.15, -0.1) is 7.92 Å². The Bertz CT molecular complexity index is 208. The number of hydrogen-bond acceptors (Lipinski definition) is 2. The largest absolute Gasteiger partial charge is 0.466 e. The molecule has 2 nitrogen and oxygen atoms in total. The highest BCUT2D eigenvalue weighted by atomic mass is 31.1. The summed E-state index contributed by atoms with van der Waals surface area (Å²) in [7, 11) is 1.49. The number of methoxy groups -OCH3 is 1. The molecule has 1 aliphatic rings. The van der Waals surface area contributed by atoms with Gasteiger partial charge >= 0.3 is 5.97 Å². The number of carbonyl (C=O) groups excluding carboxylic acids is 1. The van der Waals surface area contributed by atoms with Crippen molar-refractivity contribution in [3.8, 4) is 0 Å². The Morgan fingerprint density at radius 1 is 1.55 bits per heavy atom. The van der Waals surface area contributed by atoms with Crippen LogP contribution in [0.3, 0.4) is 0 Å². The van der Waals surface area contributed by atoms with Crippen LogP contribution in [0.5, 0.6) is 0 Å². The quantitative estimate of drug-likeness (QED) is 0.443.